The van der Waals surface area contributed by atoms with Crippen molar-refractivity contribution in [2.24, 2.45) is 0 Å². The molecule has 0 atom stereocenters. The van der Waals surface area contributed by atoms with E-state index >= 15 is 0 Å². The van der Waals surface area contributed by atoms with Crippen LogP contribution in [0.4, 0.5) is 0 Å². The predicted octanol–water partition coefficient (Wildman–Crippen LogP) is 2.51. The lowest BCUT2D eigenvalue weighted by molar-refractivity contribution is 0.239. The van der Waals surface area contributed by atoms with E-state index in [9.17, 15) is 4.79 Å². The molecule has 0 saturated carbocycles. The molecule has 0 saturated heterocycles. The molecule has 3 aromatic rings. The van der Waals surface area contributed by atoms with E-state index in [0.29, 0.717) is 18.8 Å². The highest BCUT2D eigenvalue weighted by atomic mass is 32.2. The van der Waals surface area contributed by atoms with Crippen LogP contribution in [0, 0.1) is 0 Å². The molecule has 0 amide bonds. The van der Waals surface area contributed by atoms with Gasteiger partial charge in [0.1, 0.15) is 12.2 Å². The van der Waals surface area contributed by atoms with Gasteiger partial charge in [-0.05, 0) is 24.3 Å². The fraction of sp³-hybridized carbons (Fsp3) is 0.263. The van der Waals surface area contributed by atoms with E-state index < -0.39 is 0 Å². The summed E-state index contributed by atoms with van der Waals surface area (Å²) in [4.78, 5) is 31.7. The number of hydrogen-bond acceptors (Lipinski definition) is 6. The number of nitrogens with zero attached hydrogens (tertiary/aromatic N) is 4. The Morgan fingerprint density at radius 1 is 1.23 bits per heavy atom. The van der Waals surface area contributed by atoms with Crippen LogP contribution < -0.4 is 5.56 Å². The van der Waals surface area contributed by atoms with Crippen molar-refractivity contribution in [2.75, 3.05) is 12.8 Å². The first-order valence-electron chi connectivity index (χ1n) is 8.46. The number of aromatic amines is 1. The van der Waals surface area contributed by atoms with Gasteiger partial charge >= 0.3 is 0 Å². The van der Waals surface area contributed by atoms with E-state index in [4.69, 9.17) is 4.98 Å². The third-order valence-corrected chi connectivity index (χ3v) is 5.41. The monoisotopic (exact) mass is 365 g/mol. The number of thioether (sulfide) groups is 1. The number of aromatic nitrogens is 4. The highest BCUT2D eigenvalue weighted by molar-refractivity contribution is 7.98. The van der Waals surface area contributed by atoms with Gasteiger partial charge in [-0.15, -0.1) is 11.8 Å². The van der Waals surface area contributed by atoms with Crippen molar-refractivity contribution in [1.82, 2.24) is 24.8 Å². The molecule has 26 heavy (non-hydrogen) atoms. The van der Waals surface area contributed by atoms with E-state index in [1.54, 1.807) is 24.2 Å². The fourth-order valence-corrected chi connectivity index (χ4v) is 3.87. The molecule has 3 heterocycles. The molecule has 1 N–H and O–H groups in total. The molecule has 6 nitrogen and oxygen atoms in total. The fourth-order valence-electron chi connectivity index (χ4n) is 3.26. The van der Waals surface area contributed by atoms with E-state index in [0.717, 1.165) is 29.9 Å². The molecule has 0 fully saturated rings. The van der Waals surface area contributed by atoms with Gasteiger partial charge in [0, 0.05) is 42.5 Å². The normalized spacial score (nSPS) is 14.2. The van der Waals surface area contributed by atoms with E-state index in [1.807, 2.05) is 0 Å². The second-order valence-corrected chi connectivity index (χ2v) is 7.09. The standard InChI is InChI=1S/C19H19N5OS/c1-26-17-5-3-2-4-13(17)10-24-7-6-15-16(11-24)22-18(23-19(15)25)14-8-20-12-21-9-14/h2-5,8-9,12H,6-7,10-11H2,1H3,(H,22,23,25). The minimum absolute atomic E-state index is 0.0574. The van der Waals surface area contributed by atoms with Crippen molar-refractivity contribution in [3.8, 4) is 11.4 Å². The highest BCUT2D eigenvalue weighted by Gasteiger charge is 2.22. The lowest BCUT2D eigenvalue weighted by Crippen LogP contribution is -2.35. The summed E-state index contributed by atoms with van der Waals surface area (Å²) >= 11 is 1.76. The van der Waals surface area contributed by atoms with Crippen molar-refractivity contribution in [1.29, 1.82) is 0 Å². The lowest BCUT2D eigenvalue weighted by Gasteiger charge is -2.28. The zero-order valence-electron chi connectivity index (χ0n) is 14.5. The smallest absolute Gasteiger partial charge is 0.254 e. The van der Waals surface area contributed by atoms with Crippen LogP contribution >= 0.6 is 11.8 Å². The summed E-state index contributed by atoms with van der Waals surface area (Å²) < 4.78 is 0. The average molecular weight is 365 g/mol. The van der Waals surface area contributed by atoms with Crippen LogP contribution in [0.2, 0.25) is 0 Å². The number of benzene rings is 1. The summed E-state index contributed by atoms with van der Waals surface area (Å²) in [5.74, 6) is 0.528. The zero-order valence-corrected chi connectivity index (χ0v) is 15.3. The van der Waals surface area contributed by atoms with Gasteiger partial charge in [0.05, 0.1) is 11.3 Å². The molecular weight excluding hydrogens is 346 g/mol. The van der Waals surface area contributed by atoms with Crippen LogP contribution in [-0.2, 0) is 19.5 Å². The Morgan fingerprint density at radius 2 is 2.04 bits per heavy atom. The molecule has 2 aromatic heterocycles. The minimum atomic E-state index is -0.0574. The molecule has 0 spiro atoms. The van der Waals surface area contributed by atoms with Crippen molar-refractivity contribution in [3.05, 3.63) is 70.2 Å². The Kier molecular flexibility index (Phi) is 4.81. The van der Waals surface area contributed by atoms with Crippen LogP contribution in [0.25, 0.3) is 11.4 Å². The summed E-state index contributed by atoms with van der Waals surface area (Å²) in [5.41, 5.74) is 3.61. The van der Waals surface area contributed by atoms with Gasteiger partial charge in [0.25, 0.3) is 5.56 Å². The molecule has 4 rings (SSSR count). The second-order valence-electron chi connectivity index (χ2n) is 6.24. The van der Waals surface area contributed by atoms with Crippen molar-refractivity contribution < 1.29 is 0 Å². The molecular formula is C19H19N5OS. The van der Waals surface area contributed by atoms with Crippen LogP contribution in [0.15, 0.2) is 52.7 Å². The Bertz CT molecular complexity index is 973. The van der Waals surface area contributed by atoms with Gasteiger partial charge in [-0.25, -0.2) is 15.0 Å². The third kappa shape index (κ3) is 3.40. The van der Waals surface area contributed by atoms with E-state index in [-0.39, 0.29) is 5.56 Å². The first-order valence-corrected chi connectivity index (χ1v) is 9.69. The van der Waals surface area contributed by atoms with Gasteiger partial charge in [0.15, 0.2) is 0 Å². The SMILES string of the molecule is CSc1ccccc1CN1CCc2c(nc(-c3cncnc3)[nH]c2=O)C1. The Hall–Kier alpha value is -2.51. The van der Waals surface area contributed by atoms with Gasteiger partial charge < -0.3 is 4.98 Å². The van der Waals surface area contributed by atoms with E-state index in [2.05, 4.69) is 50.4 Å². The summed E-state index contributed by atoms with van der Waals surface area (Å²) in [6.07, 6.45) is 7.59. The number of H-pyrrole nitrogens is 1. The summed E-state index contributed by atoms with van der Waals surface area (Å²) in [7, 11) is 0. The molecule has 7 heteroatoms. The van der Waals surface area contributed by atoms with Crippen LogP contribution in [-0.4, -0.2) is 37.6 Å². The molecule has 1 aliphatic heterocycles. The van der Waals surface area contributed by atoms with E-state index in [1.165, 1.54) is 16.8 Å². The number of fused-ring (bicyclic) bond motifs is 1. The molecule has 1 aliphatic rings. The van der Waals surface area contributed by atoms with Gasteiger partial charge in [0.2, 0.25) is 0 Å². The van der Waals surface area contributed by atoms with Gasteiger partial charge in [-0.3, -0.25) is 9.69 Å². The van der Waals surface area contributed by atoms with Gasteiger partial charge in [-0.1, -0.05) is 18.2 Å². The maximum Gasteiger partial charge on any atom is 0.254 e. The first-order chi connectivity index (χ1) is 12.7. The molecule has 132 valence electrons. The predicted molar refractivity (Wildman–Crippen MR) is 102 cm³/mol. The largest absolute Gasteiger partial charge is 0.306 e. The summed E-state index contributed by atoms with van der Waals surface area (Å²) in [5, 5.41) is 0. The second kappa shape index (κ2) is 7.39. The maximum absolute atomic E-state index is 12.5. The van der Waals surface area contributed by atoms with Crippen molar-refractivity contribution in [3.63, 3.8) is 0 Å². The van der Waals surface area contributed by atoms with Crippen LogP contribution in [0.1, 0.15) is 16.8 Å². The number of hydrogen-bond donors (Lipinski definition) is 1. The highest BCUT2D eigenvalue weighted by Crippen LogP contribution is 2.24. The summed E-state index contributed by atoms with van der Waals surface area (Å²) in [6, 6.07) is 8.45. The van der Waals surface area contributed by atoms with Crippen LogP contribution in [0.3, 0.4) is 0 Å². The molecule has 0 aliphatic carbocycles. The molecule has 1 aromatic carbocycles. The number of nitrogens with one attached hydrogen (secondary N) is 1. The first kappa shape index (κ1) is 16.9. The Balaban J connectivity index is 1.62. The Morgan fingerprint density at radius 3 is 2.85 bits per heavy atom. The topological polar surface area (TPSA) is 74.8 Å². The number of rotatable bonds is 4. The molecule has 0 radical (unpaired) electrons. The summed E-state index contributed by atoms with van der Waals surface area (Å²) in [6.45, 7) is 2.38. The molecule has 0 bridgehead atoms. The van der Waals surface area contributed by atoms with Crippen molar-refractivity contribution in [2.45, 2.75) is 24.4 Å². The minimum Gasteiger partial charge on any atom is -0.306 e. The third-order valence-electron chi connectivity index (χ3n) is 4.57. The van der Waals surface area contributed by atoms with Crippen molar-refractivity contribution >= 4 is 11.8 Å². The molecule has 0 unspecified atom stereocenters. The Labute approximate surface area is 155 Å². The van der Waals surface area contributed by atoms with Gasteiger partial charge in [-0.2, -0.15) is 0 Å². The maximum atomic E-state index is 12.5. The average Bonchev–Trinajstić information content (AvgIpc) is 2.69. The lowest BCUT2D eigenvalue weighted by atomic mass is 10.1. The quantitative estimate of drug-likeness (QED) is 0.716. The van der Waals surface area contributed by atoms with Crippen LogP contribution in [0.5, 0.6) is 0 Å². The zero-order chi connectivity index (χ0) is 17.9.